The van der Waals surface area contributed by atoms with E-state index in [1.54, 1.807) is 18.6 Å². The van der Waals surface area contributed by atoms with E-state index in [1.807, 2.05) is 0 Å². The first-order chi connectivity index (χ1) is 5.81. The van der Waals surface area contributed by atoms with E-state index in [1.165, 1.54) is 0 Å². The Morgan fingerprint density at radius 2 is 2.42 bits per heavy atom. The van der Waals surface area contributed by atoms with Gasteiger partial charge in [0.05, 0.1) is 24.0 Å². The maximum Gasteiger partial charge on any atom is 0.0858 e. The number of nitrogens with two attached hydrogens (primary N) is 1. The molecule has 12 heavy (non-hydrogen) atoms. The zero-order chi connectivity index (χ0) is 8.44. The highest BCUT2D eigenvalue weighted by molar-refractivity contribution is 5.12. The summed E-state index contributed by atoms with van der Waals surface area (Å²) in [6.07, 6.45) is 5.82. The van der Waals surface area contributed by atoms with Gasteiger partial charge in [-0.3, -0.25) is 9.97 Å². The fourth-order valence-electron chi connectivity index (χ4n) is 1.34. The van der Waals surface area contributed by atoms with Gasteiger partial charge in [-0.1, -0.05) is 0 Å². The molecule has 0 spiro atoms. The number of hydrogen-bond acceptors (Lipinski definition) is 4. The summed E-state index contributed by atoms with van der Waals surface area (Å²) in [6, 6.07) is 0. The van der Waals surface area contributed by atoms with E-state index in [0.29, 0.717) is 13.2 Å². The molecule has 1 aliphatic heterocycles. The topological polar surface area (TPSA) is 61.0 Å². The first-order valence-corrected chi connectivity index (χ1v) is 3.94. The lowest BCUT2D eigenvalue weighted by atomic mass is 9.96. The van der Waals surface area contributed by atoms with Gasteiger partial charge in [-0.25, -0.2) is 0 Å². The van der Waals surface area contributed by atoms with Crippen molar-refractivity contribution in [2.75, 3.05) is 13.2 Å². The zero-order valence-corrected chi connectivity index (χ0v) is 6.73. The predicted molar refractivity (Wildman–Crippen MR) is 43.3 cm³/mol. The second-order valence-corrected chi connectivity index (χ2v) is 3.05. The monoisotopic (exact) mass is 165 g/mol. The lowest BCUT2D eigenvalue weighted by molar-refractivity contribution is 0.177. The molecule has 0 aliphatic carbocycles. The van der Waals surface area contributed by atoms with Crippen molar-refractivity contribution >= 4 is 0 Å². The molecule has 0 amide bonds. The Morgan fingerprint density at radius 3 is 3.00 bits per heavy atom. The molecule has 1 unspecified atom stereocenters. The number of rotatable bonds is 1. The van der Waals surface area contributed by atoms with Crippen LogP contribution < -0.4 is 5.73 Å². The van der Waals surface area contributed by atoms with Gasteiger partial charge in [0, 0.05) is 19.0 Å². The van der Waals surface area contributed by atoms with Crippen LogP contribution in [0, 0.1) is 0 Å². The van der Waals surface area contributed by atoms with Gasteiger partial charge in [-0.05, 0) is 6.42 Å². The van der Waals surface area contributed by atoms with Gasteiger partial charge in [0.15, 0.2) is 0 Å². The van der Waals surface area contributed by atoms with E-state index in [4.69, 9.17) is 10.5 Å². The molecular weight excluding hydrogens is 154 g/mol. The van der Waals surface area contributed by atoms with E-state index < -0.39 is 5.54 Å². The molecule has 1 aromatic heterocycles. The van der Waals surface area contributed by atoms with E-state index in [-0.39, 0.29) is 0 Å². The maximum absolute atomic E-state index is 6.05. The lowest BCUT2D eigenvalue weighted by Gasteiger charge is -2.19. The second-order valence-electron chi connectivity index (χ2n) is 3.05. The molecule has 2 heterocycles. The first kappa shape index (κ1) is 7.64. The van der Waals surface area contributed by atoms with Crippen molar-refractivity contribution in [2.45, 2.75) is 12.0 Å². The second kappa shape index (κ2) is 2.80. The number of nitrogens with zero attached hydrogens (tertiary/aromatic N) is 2. The van der Waals surface area contributed by atoms with Crippen molar-refractivity contribution in [1.82, 2.24) is 9.97 Å². The number of ether oxygens (including phenoxy) is 1. The minimum atomic E-state index is -0.408. The lowest BCUT2D eigenvalue weighted by Crippen LogP contribution is -2.37. The molecule has 0 radical (unpaired) electrons. The molecule has 1 fully saturated rings. The average Bonchev–Trinajstić information content (AvgIpc) is 2.55. The Bertz CT molecular complexity index is 256. The summed E-state index contributed by atoms with van der Waals surface area (Å²) in [6.45, 7) is 1.26. The van der Waals surface area contributed by atoms with Gasteiger partial charge in [0.1, 0.15) is 0 Å². The Morgan fingerprint density at radius 1 is 1.50 bits per heavy atom. The Hall–Kier alpha value is -1.00. The summed E-state index contributed by atoms with van der Waals surface area (Å²) in [5.74, 6) is 0. The molecule has 1 saturated heterocycles. The minimum absolute atomic E-state index is 0.408. The Balaban J connectivity index is 2.29. The standard InChI is InChI=1S/C8H11N3O/c9-8(1-4-12-6-8)7-5-10-2-3-11-7/h2-3,5H,1,4,6,9H2. The fraction of sp³-hybridized carbons (Fsp3) is 0.500. The summed E-state index contributed by atoms with van der Waals surface area (Å²) in [5, 5.41) is 0. The Kier molecular flexibility index (Phi) is 1.78. The van der Waals surface area contributed by atoms with Crippen molar-refractivity contribution in [3.8, 4) is 0 Å². The molecule has 2 rings (SSSR count). The zero-order valence-electron chi connectivity index (χ0n) is 6.73. The third-order valence-electron chi connectivity index (χ3n) is 2.13. The van der Waals surface area contributed by atoms with Gasteiger partial charge in [0.25, 0.3) is 0 Å². The van der Waals surface area contributed by atoms with Crippen LogP contribution in [0.15, 0.2) is 18.6 Å². The van der Waals surface area contributed by atoms with Crippen LogP contribution >= 0.6 is 0 Å². The summed E-state index contributed by atoms with van der Waals surface area (Å²) < 4.78 is 5.22. The van der Waals surface area contributed by atoms with Crippen LogP contribution in [0.5, 0.6) is 0 Å². The first-order valence-electron chi connectivity index (χ1n) is 3.94. The Labute approximate surface area is 70.8 Å². The highest BCUT2D eigenvalue weighted by atomic mass is 16.5. The van der Waals surface area contributed by atoms with Crippen molar-refractivity contribution < 1.29 is 4.74 Å². The van der Waals surface area contributed by atoms with Gasteiger partial charge >= 0.3 is 0 Å². The van der Waals surface area contributed by atoms with Gasteiger partial charge in [0.2, 0.25) is 0 Å². The molecule has 4 nitrogen and oxygen atoms in total. The average molecular weight is 165 g/mol. The number of hydrogen-bond donors (Lipinski definition) is 1. The largest absolute Gasteiger partial charge is 0.379 e. The van der Waals surface area contributed by atoms with E-state index >= 15 is 0 Å². The quantitative estimate of drug-likeness (QED) is 0.638. The van der Waals surface area contributed by atoms with Gasteiger partial charge < -0.3 is 10.5 Å². The van der Waals surface area contributed by atoms with Crippen molar-refractivity contribution in [3.05, 3.63) is 24.3 Å². The molecular formula is C8H11N3O. The summed E-state index contributed by atoms with van der Waals surface area (Å²) >= 11 is 0. The molecule has 2 N–H and O–H groups in total. The summed E-state index contributed by atoms with van der Waals surface area (Å²) in [7, 11) is 0. The van der Waals surface area contributed by atoms with Gasteiger partial charge in [-0.15, -0.1) is 0 Å². The molecule has 64 valence electrons. The fourth-order valence-corrected chi connectivity index (χ4v) is 1.34. The van der Waals surface area contributed by atoms with Crippen molar-refractivity contribution in [2.24, 2.45) is 5.73 Å². The molecule has 1 aliphatic rings. The van der Waals surface area contributed by atoms with E-state index in [9.17, 15) is 0 Å². The van der Waals surface area contributed by atoms with Crippen LogP contribution in [0.2, 0.25) is 0 Å². The third kappa shape index (κ3) is 1.19. The van der Waals surface area contributed by atoms with Crippen LogP contribution in [0.1, 0.15) is 12.1 Å². The SMILES string of the molecule is NC1(c2cnccn2)CCOC1. The van der Waals surface area contributed by atoms with Crippen LogP contribution in [-0.2, 0) is 10.3 Å². The highest BCUT2D eigenvalue weighted by Gasteiger charge is 2.33. The van der Waals surface area contributed by atoms with Crippen LogP contribution in [0.4, 0.5) is 0 Å². The molecule has 1 aromatic rings. The highest BCUT2D eigenvalue weighted by Crippen LogP contribution is 2.24. The van der Waals surface area contributed by atoms with Crippen LogP contribution in [-0.4, -0.2) is 23.2 Å². The smallest absolute Gasteiger partial charge is 0.0858 e. The molecule has 0 aromatic carbocycles. The van der Waals surface area contributed by atoms with Crippen molar-refractivity contribution in [3.63, 3.8) is 0 Å². The molecule has 4 heteroatoms. The molecule has 0 saturated carbocycles. The normalized spacial score (nSPS) is 29.1. The number of aromatic nitrogens is 2. The van der Waals surface area contributed by atoms with E-state index in [2.05, 4.69) is 9.97 Å². The summed E-state index contributed by atoms with van der Waals surface area (Å²) in [4.78, 5) is 8.14. The van der Waals surface area contributed by atoms with Crippen molar-refractivity contribution in [1.29, 1.82) is 0 Å². The minimum Gasteiger partial charge on any atom is -0.379 e. The molecule has 1 atom stereocenters. The molecule has 0 bridgehead atoms. The van der Waals surface area contributed by atoms with Crippen LogP contribution in [0.25, 0.3) is 0 Å². The van der Waals surface area contributed by atoms with Crippen LogP contribution in [0.3, 0.4) is 0 Å². The van der Waals surface area contributed by atoms with Gasteiger partial charge in [-0.2, -0.15) is 0 Å². The summed E-state index contributed by atoms with van der Waals surface area (Å²) in [5.41, 5.74) is 6.47. The maximum atomic E-state index is 6.05. The predicted octanol–water partition coefficient (Wildman–Crippen LogP) is 0.0509. The third-order valence-corrected chi connectivity index (χ3v) is 2.13. The van der Waals surface area contributed by atoms with E-state index in [0.717, 1.165) is 12.1 Å².